The Morgan fingerprint density at radius 3 is 2.67 bits per heavy atom. The number of benzene rings is 1. The van der Waals surface area contributed by atoms with Crippen LogP contribution in [0.2, 0.25) is 0 Å². The summed E-state index contributed by atoms with van der Waals surface area (Å²) in [6.45, 7) is 1.62. The number of likely N-dealkylation sites (tertiary alicyclic amines) is 1. The lowest BCUT2D eigenvalue weighted by Crippen LogP contribution is -2.47. The molecule has 2 aliphatic rings. The fraction of sp³-hybridized carbons (Fsp3) is 0.421. The maximum absolute atomic E-state index is 13.4. The number of H-pyrrole nitrogens is 1. The van der Waals surface area contributed by atoms with E-state index in [0.29, 0.717) is 32.5 Å². The largest absolute Gasteiger partial charge is 0.348 e. The quantitative estimate of drug-likeness (QED) is 0.806. The van der Waals surface area contributed by atoms with Crippen LogP contribution in [0.15, 0.2) is 24.5 Å². The molecule has 142 valence electrons. The SMILES string of the molecule is O=C(c1ccc(F)c(F)c1)C1CCN(C(=O)[C@@H]2NCCc3[nH]cnc32)CC1. The summed E-state index contributed by atoms with van der Waals surface area (Å²) in [6.07, 6.45) is 3.42. The highest BCUT2D eigenvalue weighted by molar-refractivity contribution is 5.98. The third-order valence-electron chi connectivity index (χ3n) is 5.38. The molecule has 1 atom stereocenters. The number of carbonyl (C=O) groups is 2. The van der Waals surface area contributed by atoms with Gasteiger partial charge in [0.25, 0.3) is 0 Å². The molecule has 2 N–H and O–H groups in total. The molecule has 1 saturated heterocycles. The molecule has 27 heavy (non-hydrogen) atoms. The summed E-state index contributed by atoms with van der Waals surface area (Å²) in [5, 5.41) is 3.21. The average molecular weight is 374 g/mol. The van der Waals surface area contributed by atoms with E-state index in [4.69, 9.17) is 0 Å². The molecule has 0 bridgehead atoms. The Balaban J connectivity index is 1.40. The van der Waals surface area contributed by atoms with Gasteiger partial charge in [-0.2, -0.15) is 0 Å². The zero-order valence-corrected chi connectivity index (χ0v) is 14.7. The number of rotatable bonds is 3. The highest BCUT2D eigenvalue weighted by Gasteiger charge is 2.35. The first-order chi connectivity index (χ1) is 13.0. The number of ketones is 1. The van der Waals surface area contributed by atoms with Crippen LogP contribution in [0.3, 0.4) is 0 Å². The van der Waals surface area contributed by atoms with Gasteiger partial charge in [-0.15, -0.1) is 0 Å². The van der Waals surface area contributed by atoms with E-state index in [1.54, 1.807) is 11.2 Å². The monoisotopic (exact) mass is 374 g/mol. The molecule has 6 nitrogen and oxygen atoms in total. The van der Waals surface area contributed by atoms with Gasteiger partial charge in [0.05, 0.1) is 12.0 Å². The van der Waals surface area contributed by atoms with Gasteiger partial charge in [0, 0.05) is 43.2 Å². The van der Waals surface area contributed by atoms with E-state index in [1.807, 2.05) is 0 Å². The molecular weight excluding hydrogens is 354 g/mol. The number of hydrogen-bond acceptors (Lipinski definition) is 4. The third kappa shape index (κ3) is 3.37. The van der Waals surface area contributed by atoms with E-state index in [2.05, 4.69) is 15.3 Å². The Morgan fingerprint density at radius 2 is 1.93 bits per heavy atom. The van der Waals surface area contributed by atoms with Crippen LogP contribution in [0.4, 0.5) is 8.78 Å². The van der Waals surface area contributed by atoms with E-state index in [0.717, 1.165) is 29.9 Å². The molecule has 0 radical (unpaired) electrons. The number of fused-ring (bicyclic) bond motifs is 1. The smallest absolute Gasteiger partial charge is 0.246 e. The zero-order chi connectivity index (χ0) is 19.0. The van der Waals surface area contributed by atoms with E-state index in [-0.39, 0.29) is 23.2 Å². The Morgan fingerprint density at radius 1 is 1.15 bits per heavy atom. The van der Waals surface area contributed by atoms with Gasteiger partial charge < -0.3 is 15.2 Å². The molecule has 1 aromatic heterocycles. The second-order valence-corrected chi connectivity index (χ2v) is 7.00. The van der Waals surface area contributed by atoms with Crippen molar-refractivity contribution in [1.29, 1.82) is 0 Å². The van der Waals surface area contributed by atoms with Gasteiger partial charge >= 0.3 is 0 Å². The van der Waals surface area contributed by atoms with Crippen molar-refractivity contribution in [1.82, 2.24) is 20.2 Å². The van der Waals surface area contributed by atoms with Crippen LogP contribution < -0.4 is 5.32 Å². The van der Waals surface area contributed by atoms with Gasteiger partial charge in [-0.1, -0.05) is 0 Å². The lowest BCUT2D eigenvalue weighted by molar-refractivity contribution is -0.135. The highest BCUT2D eigenvalue weighted by Crippen LogP contribution is 2.26. The molecule has 1 amide bonds. The Hall–Kier alpha value is -2.61. The lowest BCUT2D eigenvalue weighted by Gasteiger charge is -2.34. The molecule has 0 spiro atoms. The van der Waals surface area contributed by atoms with Crippen LogP contribution >= 0.6 is 0 Å². The fourth-order valence-corrected chi connectivity index (χ4v) is 3.85. The first kappa shape index (κ1) is 17.8. The molecule has 2 aliphatic heterocycles. The maximum Gasteiger partial charge on any atom is 0.246 e. The predicted octanol–water partition coefficient (Wildman–Crippen LogP) is 2.00. The van der Waals surface area contributed by atoms with Crippen LogP contribution in [0, 0.1) is 17.6 Å². The Labute approximate surface area is 155 Å². The van der Waals surface area contributed by atoms with Crippen molar-refractivity contribution in [3.8, 4) is 0 Å². The number of Topliss-reactive ketones (excluding diaryl/α,β-unsaturated/α-hetero) is 1. The van der Waals surface area contributed by atoms with Crippen molar-refractivity contribution in [2.45, 2.75) is 25.3 Å². The molecule has 1 fully saturated rings. The molecular formula is C19H20F2N4O2. The minimum atomic E-state index is -1.02. The molecule has 3 heterocycles. The number of hydrogen-bond donors (Lipinski definition) is 2. The van der Waals surface area contributed by atoms with Crippen molar-refractivity contribution in [2.24, 2.45) is 5.92 Å². The maximum atomic E-state index is 13.4. The number of piperidine rings is 1. The second-order valence-electron chi connectivity index (χ2n) is 7.00. The molecule has 0 aliphatic carbocycles. The first-order valence-electron chi connectivity index (χ1n) is 9.08. The zero-order valence-electron chi connectivity index (χ0n) is 14.7. The standard InChI is InChI=1S/C19H20F2N4O2/c20-13-2-1-12(9-14(13)21)18(26)11-4-7-25(8-5-11)19(27)17-16-15(3-6-22-17)23-10-24-16/h1-2,9-11,17,22H,3-8H2,(H,23,24)/t17-/m1/s1. The summed E-state index contributed by atoms with van der Waals surface area (Å²) in [6, 6.07) is 2.76. The predicted molar refractivity (Wildman–Crippen MR) is 93.0 cm³/mol. The van der Waals surface area contributed by atoms with Crippen molar-refractivity contribution < 1.29 is 18.4 Å². The van der Waals surface area contributed by atoms with Gasteiger partial charge in [0.15, 0.2) is 17.4 Å². The summed E-state index contributed by atoms with van der Waals surface area (Å²) < 4.78 is 26.4. The van der Waals surface area contributed by atoms with Gasteiger partial charge in [0.2, 0.25) is 5.91 Å². The van der Waals surface area contributed by atoms with Gasteiger partial charge in [-0.25, -0.2) is 13.8 Å². The topological polar surface area (TPSA) is 78.1 Å². The molecule has 1 aromatic carbocycles. The minimum Gasteiger partial charge on any atom is -0.348 e. The second kappa shape index (κ2) is 7.19. The van der Waals surface area contributed by atoms with Gasteiger partial charge in [-0.3, -0.25) is 9.59 Å². The van der Waals surface area contributed by atoms with Crippen LogP contribution in [-0.2, 0) is 11.2 Å². The Bertz CT molecular complexity index is 874. The number of amides is 1. The highest BCUT2D eigenvalue weighted by atomic mass is 19.2. The van der Waals surface area contributed by atoms with Crippen LogP contribution in [0.5, 0.6) is 0 Å². The summed E-state index contributed by atoms with van der Waals surface area (Å²) in [7, 11) is 0. The molecule has 4 rings (SSSR count). The average Bonchev–Trinajstić information content (AvgIpc) is 3.18. The van der Waals surface area contributed by atoms with Gasteiger partial charge in [0.1, 0.15) is 6.04 Å². The fourth-order valence-electron chi connectivity index (χ4n) is 3.85. The van der Waals surface area contributed by atoms with Crippen molar-refractivity contribution in [2.75, 3.05) is 19.6 Å². The van der Waals surface area contributed by atoms with Crippen molar-refractivity contribution >= 4 is 11.7 Å². The molecule has 8 heteroatoms. The van der Waals surface area contributed by atoms with Crippen LogP contribution in [0.25, 0.3) is 0 Å². The van der Waals surface area contributed by atoms with E-state index in [9.17, 15) is 18.4 Å². The first-order valence-corrected chi connectivity index (χ1v) is 9.08. The number of nitrogens with zero attached hydrogens (tertiary/aromatic N) is 2. The summed E-state index contributed by atoms with van der Waals surface area (Å²) in [5.41, 5.74) is 1.90. The van der Waals surface area contributed by atoms with Crippen molar-refractivity contribution in [3.05, 3.63) is 53.1 Å². The molecule has 0 saturated carbocycles. The number of aromatic amines is 1. The van der Waals surface area contributed by atoms with Crippen molar-refractivity contribution in [3.63, 3.8) is 0 Å². The summed E-state index contributed by atoms with van der Waals surface area (Å²) >= 11 is 0. The van der Waals surface area contributed by atoms with Crippen LogP contribution in [0.1, 0.15) is 40.6 Å². The number of imidazole rings is 1. The summed E-state index contributed by atoms with van der Waals surface area (Å²) in [5.74, 6) is -2.52. The van der Waals surface area contributed by atoms with Crippen LogP contribution in [-0.4, -0.2) is 46.2 Å². The molecule has 2 aromatic rings. The molecule has 0 unspecified atom stereocenters. The summed E-state index contributed by atoms with van der Waals surface area (Å²) in [4.78, 5) is 34.5. The number of aromatic nitrogens is 2. The van der Waals surface area contributed by atoms with E-state index < -0.39 is 17.7 Å². The normalized spacial score (nSPS) is 20.4. The number of nitrogens with one attached hydrogen (secondary N) is 2. The number of carbonyl (C=O) groups excluding carboxylic acids is 2. The third-order valence-corrected chi connectivity index (χ3v) is 5.38. The Kier molecular flexibility index (Phi) is 4.73. The lowest BCUT2D eigenvalue weighted by atomic mass is 9.88. The minimum absolute atomic E-state index is 0.0400. The van der Waals surface area contributed by atoms with E-state index in [1.165, 1.54) is 6.07 Å². The van der Waals surface area contributed by atoms with Gasteiger partial charge in [-0.05, 0) is 31.0 Å². The number of halogens is 2. The van der Waals surface area contributed by atoms with E-state index >= 15 is 0 Å².